The Hall–Kier alpha value is -1.61. The fourth-order valence-corrected chi connectivity index (χ4v) is 2.18. The van der Waals surface area contributed by atoms with Crippen LogP contribution in [0.5, 0.6) is 0 Å². The van der Waals surface area contributed by atoms with Crippen molar-refractivity contribution in [2.75, 3.05) is 7.11 Å². The molecule has 0 fully saturated rings. The molecule has 0 amide bonds. The van der Waals surface area contributed by atoms with Crippen molar-refractivity contribution in [2.45, 2.75) is 19.8 Å². The number of halogens is 1. The number of esters is 1. The average molecular weight is 264 g/mol. The van der Waals surface area contributed by atoms with Crippen molar-refractivity contribution in [2.24, 2.45) is 0 Å². The Labute approximate surface area is 111 Å². The summed E-state index contributed by atoms with van der Waals surface area (Å²) in [6.07, 6.45) is 1.03. The quantitative estimate of drug-likeness (QED) is 0.798. The monoisotopic (exact) mass is 263 g/mol. The number of carbonyl (C=O) groups is 1. The van der Waals surface area contributed by atoms with Crippen molar-refractivity contribution in [1.29, 1.82) is 0 Å². The Balaban J connectivity index is 2.29. The molecule has 0 aliphatic heterocycles. The molecule has 94 valence electrons. The summed E-state index contributed by atoms with van der Waals surface area (Å²) in [5.41, 5.74) is 2.81. The van der Waals surface area contributed by atoms with Gasteiger partial charge in [0, 0.05) is 17.5 Å². The summed E-state index contributed by atoms with van der Waals surface area (Å²) in [5, 5.41) is 1.64. The zero-order valence-electron chi connectivity index (χ0n) is 10.4. The van der Waals surface area contributed by atoms with E-state index >= 15 is 0 Å². The summed E-state index contributed by atoms with van der Waals surface area (Å²) in [6, 6.07) is 7.72. The molecule has 1 heterocycles. The first-order valence-electron chi connectivity index (χ1n) is 5.73. The lowest BCUT2D eigenvalue weighted by molar-refractivity contribution is -0.140. The topological polar surface area (TPSA) is 39.2 Å². The van der Waals surface area contributed by atoms with E-state index in [4.69, 9.17) is 11.6 Å². The maximum Gasteiger partial charge on any atom is 0.305 e. The third-order valence-corrected chi connectivity index (χ3v) is 3.11. The number of aryl methyl sites for hydroxylation is 2. The highest BCUT2D eigenvalue weighted by Gasteiger charge is 2.05. The number of hydrogen-bond donors (Lipinski definition) is 0. The minimum Gasteiger partial charge on any atom is -0.469 e. The number of pyridine rings is 1. The minimum absolute atomic E-state index is 0.203. The first kappa shape index (κ1) is 12.8. The summed E-state index contributed by atoms with van der Waals surface area (Å²) in [6.45, 7) is 1.91. The molecule has 4 heteroatoms. The first-order chi connectivity index (χ1) is 8.60. The van der Waals surface area contributed by atoms with Gasteiger partial charge in [-0.3, -0.25) is 9.78 Å². The third-order valence-electron chi connectivity index (χ3n) is 2.80. The van der Waals surface area contributed by atoms with Crippen LogP contribution in [0.25, 0.3) is 10.9 Å². The van der Waals surface area contributed by atoms with Crippen LogP contribution in [0, 0.1) is 6.92 Å². The number of ether oxygens (including phenoxy) is 1. The molecule has 1 aromatic heterocycles. The summed E-state index contributed by atoms with van der Waals surface area (Å²) < 4.78 is 4.62. The van der Waals surface area contributed by atoms with Crippen LogP contribution in [0.15, 0.2) is 24.3 Å². The van der Waals surface area contributed by atoms with Gasteiger partial charge in [-0.2, -0.15) is 0 Å². The van der Waals surface area contributed by atoms with Crippen molar-refractivity contribution in [3.05, 3.63) is 40.5 Å². The predicted octanol–water partition coefficient (Wildman–Crippen LogP) is 3.30. The van der Waals surface area contributed by atoms with Gasteiger partial charge in [0.25, 0.3) is 0 Å². The van der Waals surface area contributed by atoms with Crippen LogP contribution in [0.2, 0.25) is 5.02 Å². The van der Waals surface area contributed by atoms with Gasteiger partial charge in [-0.25, -0.2) is 0 Å². The zero-order valence-corrected chi connectivity index (χ0v) is 11.1. The van der Waals surface area contributed by atoms with Gasteiger partial charge < -0.3 is 4.74 Å². The Morgan fingerprint density at radius 3 is 2.89 bits per heavy atom. The summed E-state index contributed by atoms with van der Waals surface area (Å²) in [4.78, 5) is 15.5. The molecule has 0 bridgehead atoms. The van der Waals surface area contributed by atoms with E-state index in [9.17, 15) is 4.79 Å². The molecule has 0 saturated carbocycles. The molecule has 2 aromatic rings. The maximum absolute atomic E-state index is 11.1. The van der Waals surface area contributed by atoms with Gasteiger partial charge in [-0.05, 0) is 31.0 Å². The van der Waals surface area contributed by atoms with Crippen LogP contribution < -0.4 is 0 Å². The summed E-state index contributed by atoms with van der Waals surface area (Å²) >= 11 is 6.15. The second kappa shape index (κ2) is 5.36. The SMILES string of the molecule is COC(=O)CCc1ccc2c(Cl)cc(C)nc2c1. The highest BCUT2D eigenvalue weighted by Crippen LogP contribution is 2.24. The first-order valence-corrected chi connectivity index (χ1v) is 6.10. The Kier molecular flexibility index (Phi) is 3.82. The van der Waals surface area contributed by atoms with Crippen molar-refractivity contribution in [3.8, 4) is 0 Å². The van der Waals surface area contributed by atoms with Crippen molar-refractivity contribution >= 4 is 28.5 Å². The molecule has 2 rings (SSSR count). The smallest absolute Gasteiger partial charge is 0.305 e. The van der Waals surface area contributed by atoms with Gasteiger partial charge in [0.2, 0.25) is 0 Å². The van der Waals surface area contributed by atoms with E-state index < -0.39 is 0 Å². The Morgan fingerprint density at radius 2 is 2.17 bits per heavy atom. The van der Waals surface area contributed by atoms with Crippen LogP contribution in [-0.2, 0) is 16.0 Å². The van der Waals surface area contributed by atoms with E-state index in [0.29, 0.717) is 17.9 Å². The molecule has 18 heavy (non-hydrogen) atoms. The Morgan fingerprint density at radius 1 is 1.39 bits per heavy atom. The van der Waals surface area contributed by atoms with E-state index in [2.05, 4.69) is 9.72 Å². The summed E-state index contributed by atoms with van der Waals surface area (Å²) in [5.74, 6) is -0.203. The number of nitrogens with zero attached hydrogens (tertiary/aromatic N) is 1. The van der Waals surface area contributed by atoms with Gasteiger partial charge in [0.05, 0.1) is 17.6 Å². The molecule has 1 aromatic carbocycles. The molecular weight excluding hydrogens is 250 g/mol. The lowest BCUT2D eigenvalue weighted by Gasteiger charge is -2.05. The molecule has 3 nitrogen and oxygen atoms in total. The Bertz CT molecular complexity index is 596. The molecule has 0 atom stereocenters. The fourth-order valence-electron chi connectivity index (χ4n) is 1.86. The van der Waals surface area contributed by atoms with Crippen molar-refractivity contribution in [1.82, 2.24) is 4.98 Å². The molecular formula is C14H14ClNO2. The number of benzene rings is 1. The average Bonchev–Trinajstić information content (AvgIpc) is 2.35. The van der Waals surface area contributed by atoms with Gasteiger partial charge in [0.1, 0.15) is 0 Å². The fraction of sp³-hybridized carbons (Fsp3) is 0.286. The molecule has 0 N–H and O–H groups in total. The van der Waals surface area contributed by atoms with Crippen molar-refractivity contribution in [3.63, 3.8) is 0 Å². The predicted molar refractivity (Wildman–Crippen MR) is 71.8 cm³/mol. The van der Waals surface area contributed by atoms with Gasteiger partial charge in [-0.1, -0.05) is 23.7 Å². The second-order valence-corrected chi connectivity index (χ2v) is 4.58. The molecule has 0 aliphatic rings. The van der Waals surface area contributed by atoms with E-state index in [0.717, 1.165) is 22.2 Å². The van der Waals surface area contributed by atoms with Crippen LogP contribution >= 0.6 is 11.6 Å². The molecule has 0 unspecified atom stereocenters. The van der Waals surface area contributed by atoms with Gasteiger partial charge in [-0.15, -0.1) is 0 Å². The van der Waals surface area contributed by atoms with E-state index in [1.165, 1.54) is 7.11 Å². The second-order valence-electron chi connectivity index (χ2n) is 4.17. The molecule has 0 radical (unpaired) electrons. The van der Waals surface area contributed by atoms with Gasteiger partial charge in [0.15, 0.2) is 0 Å². The zero-order chi connectivity index (χ0) is 13.1. The molecule has 0 spiro atoms. The minimum atomic E-state index is -0.203. The maximum atomic E-state index is 11.1. The normalized spacial score (nSPS) is 10.6. The van der Waals surface area contributed by atoms with Crippen LogP contribution in [0.3, 0.4) is 0 Å². The molecule has 0 aliphatic carbocycles. The van der Waals surface area contributed by atoms with Crippen molar-refractivity contribution < 1.29 is 9.53 Å². The summed E-state index contributed by atoms with van der Waals surface area (Å²) in [7, 11) is 1.40. The number of aromatic nitrogens is 1. The van der Waals surface area contributed by atoms with Crippen LogP contribution in [-0.4, -0.2) is 18.1 Å². The third kappa shape index (κ3) is 2.79. The lowest BCUT2D eigenvalue weighted by Crippen LogP contribution is -2.01. The largest absolute Gasteiger partial charge is 0.469 e. The molecule has 0 saturated heterocycles. The standard InChI is InChI=1S/C14H14ClNO2/c1-9-7-12(15)11-5-3-10(8-13(11)16-9)4-6-14(17)18-2/h3,5,7-8H,4,6H2,1-2H3. The van der Waals surface area contributed by atoms with Gasteiger partial charge >= 0.3 is 5.97 Å². The highest BCUT2D eigenvalue weighted by atomic mass is 35.5. The van der Waals surface area contributed by atoms with Crippen LogP contribution in [0.4, 0.5) is 0 Å². The number of hydrogen-bond acceptors (Lipinski definition) is 3. The van der Waals surface area contributed by atoms with E-state index in [1.807, 2.05) is 31.2 Å². The number of fused-ring (bicyclic) bond motifs is 1. The highest BCUT2D eigenvalue weighted by molar-refractivity contribution is 6.35. The van der Waals surface area contributed by atoms with E-state index in [1.54, 1.807) is 0 Å². The lowest BCUT2D eigenvalue weighted by atomic mass is 10.1. The number of rotatable bonds is 3. The number of methoxy groups -OCH3 is 1. The number of carbonyl (C=O) groups excluding carboxylic acids is 1. The van der Waals surface area contributed by atoms with E-state index in [-0.39, 0.29) is 5.97 Å². The van der Waals surface area contributed by atoms with Crippen LogP contribution in [0.1, 0.15) is 17.7 Å².